The summed E-state index contributed by atoms with van der Waals surface area (Å²) in [5.74, 6) is -0.111. The maximum absolute atomic E-state index is 12.9. The lowest BCUT2D eigenvalue weighted by molar-refractivity contribution is -0.123. The van der Waals surface area contributed by atoms with E-state index in [2.05, 4.69) is 4.36 Å². The molecule has 0 spiro atoms. The van der Waals surface area contributed by atoms with E-state index in [1.807, 2.05) is 36.4 Å². The Kier molecular flexibility index (Phi) is 5.34. The van der Waals surface area contributed by atoms with Crippen molar-refractivity contribution < 1.29 is 9.00 Å². The zero-order chi connectivity index (χ0) is 16.9. The standard InChI is InChI=1S/C18H20N2O2S/c1-20(2)18(21)14-13-15-9-7-8-12-17(15)19-23(3,22)16-10-5-4-6-11-16/h4-14H,1-3H3/b14-13+. The molecule has 0 N–H and O–H groups in total. The third kappa shape index (κ3) is 4.53. The second-order valence-electron chi connectivity index (χ2n) is 5.33. The fourth-order valence-electron chi connectivity index (χ4n) is 1.94. The van der Waals surface area contributed by atoms with Crippen molar-refractivity contribution in [2.45, 2.75) is 4.90 Å². The van der Waals surface area contributed by atoms with Crippen molar-refractivity contribution in [1.82, 2.24) is 4.90 Å². The third-order valence-corrected chi connectivity index (χ3v) is 4.93. The lowest BCUT2D eigenvalue weighted by Gasteiger charge is -2.07. The van der Waals surface area contributed by atoms with Gasteiger partial charge in [0.1, 0.15) is 0 Å². The minimum atomic E-state index is -2.54. The predicted molar refractivity (Wildman–Crippen MR) is 95.0 cm³/mol. The molecule has 0 radical (unpaired) electrons. The van der Waals surface area contributed by atoms with Gasteiger partial charge in [0, 0.05) is 36.9 Å². The Labute approximate surface area is 137 Å². The molecule has 1 atom stereocenters. The molecule has 0 aliphatic carbocycles. The molecule has 1 amide bonds. The molecule has 0 fully saturated rings. The zero-order valence-corrected chi connectivity index (χ0v) is 14.3. The van der Waals surface area contributed by atoms with Gasteiger partial charge in [-0.2, -0.15) is 4.36 Å². The molecule has 2 aromatic carbocycles. The number of amides is 1. The number of carbonyl (C=O) groups is 1. The first kappa shape index (κ1) is 17.0. The van der Waals surface area contributed by atoms with Crippen LogP contribution in [0.4, 0.5) is 5.69 Å². The van der Waals surface area contributed by atoms with Crippen LogP contribution in [0.2, 0.25) is 0 Å². The highest BCUT2D eigenvalue weighted by Crippen LogP contribution is 2.24. The molecule has 2 rings (SSSR count). The smallest absolute Gasteiger partial charge is 0.246 e. The van der Waals surface area contributed by atoms with E-state index in [1.54, 1.807) is 44.6 Å². The van der Waals surface area contributed by atoms with E-state index in [0.29, 0.717) is 10.6 Å². The number of hydrogen-bond acceptors (Lipinski definition) is 3. The molecule has 1 unspecified atom stereocenters. The Morgan fingerprint density at radius 2 is 1.65 bits per heavy atom. The Bertz CT molecular complexity index is 833. The van der Waals surface area contributed by atoms with Gasteiger partial charge in [-0.1, -0.05) is 36.4 Å². The maximum atomic E-state index is 12.9. The van der Waals surface area contributed by atoms with E-state index in [0.717, 1.165) is 5.56 Å². The summed E-state index contributed by atoms with van der Waals surface area (Å²) < 4.78 is 17.3. The molecule has 0 aliphatic rings. The Morgan fingerprint density at radius 3 is 2.30 bits per heavy atom. The Hall–Kier alpha value is -2.40. The van der Waals surface area contributed by atoms with Gasteiger partial charge in [-0.15, -0.1) is 0 Å². The van der Waals surface area contributed by atoms with E-state index >= 15 is 0 Å². The summed E-state index contributed by atoms with van der Waals surface area (Å²) in [6, 6.07) is 16.5. The summed E-state index contributed by atoms with van der Waals surface area (Å²) in [5, 5.41) is 0. The summed E-state index contributed by atoms with van der Waals surface area (Å²) >= 11 is 0. The van der Waals surface area contributed by atoms with Gasteiger partial charge in [-0.3, -0.25) is 4.79 Å². The molecule has 0 heterocycles. The predicted octanol–water partition coefficient (Wildman–Crippen LogP) is 3.58. The van der Waals surface area contributed by atoms with Crippen molar-refractivity contribution >= 4 is 27.4 Å². The first-order valence-corrected chi connectivity index (χ1v) is 9.08. The summed E-state index contributed by atoms with van der Waals surface area (Å²) in [5.41, 5.74) is 1.36. The highest BCUT2D eigenvalue weighted by atomic mass is 32.2. The highest BCUT2D eigenvalue weighted by molar-refractivity contribution is 7.93. The van der Waals surface area contributed by atoms with Crippen LogP contribution < -0.4 is 0 Å². The quantitative estimate of drug-likeness (QED) is 0.806. The number of likely N-dealkylation sites (N-methyl/N-ethyl adjacent to an activating group) is 1. The normalized spacial score (nSPS) is 13.5. The Balaban J connectivity index is 2.44. The zero-order valence-electron chi connectivity index (χ0n) is 13.5. The van der Waals surface area contributed by atoms with Crippen molar-refractivity contribution in [2.75, 3.05) is 20.4 Å². The number of rotatable bonds is 4. The number of hydrogen-bond donors (Lipinski definition) is 0. The lowest BCUT2D eigenvalue weighted by Crippen LogP contribution is -2.18. The van der Waals surface area contributed by atoms with Gasteiger partial charge in [0.15, 0.2) is 0 Å². The van der Waals surface area contributed by atoms with Crippen LogP contribution in [0.3, 0.4) is 0 Å². The van der Waals surface area contributed by atoms with Crippen molar-refractivity contribution in [3.8, 4) is 0 Å². The lowest BCUT2D eigenvalue weighted by atomic mass is 10.1. The average molecular weight is 328 g/mol. The molecule has 0 saturated heterocycles. The van der Waals surface area contributed by atoms with Crippen molar-refractivity contribution in [3.63, 3.8) is 0 Å². The molecule has 0 saturated carbocycles. The van der Waals surface area contributed by atoms with Crippen LogP contribution in [0, 0.1) is 0 Å². The van der Waals surface area contributed by atoms with Crippen molar-refractivity contribution in [3.05, 3.63) is 66.2 Å². The van der Waals surface area contributed by atoms with Gasteiger partial charge >= 0.3 is 0 Å². The van der Waals surface area contributed by atoms with Crippen LogP contribution in [0.15, 0.2) is 69.9 Å². The van der Waals surface area contributed by atoms with Gasteiger partial charge in [0.2, 0.25) is 5.91 Å². The summed E-state index contributed by atoms with van der Waals surface area (Å²) in [7, 11) is 0.838. The maximum Gasteiger partial charge on any atom is 0.246 e. The molecule has 0 aromatic heterocycles. The second-order valence-corrected chi connectivity index (χ2v) is 7.59. The van der Waals surface area contributed by atoms with Gasteiger partial charge in [-0.05, 0) is 24.3 Å². The van der Waals surface area contributed by atoms with Gasteiger partial charge in [0.05, 0.1) is 15.4 Å². The summed E-state index contributed by atoms with van der Waals surface area (Å²) in [4.78, 5) is 13.9. The number of benzene rings is 2. The minimum Gasteiger partial charge on any atom is -0.345 e. The first-order valence-electron chi connectivity index (χ1n) is 7.16. The fourth-order valence-corrected chi connectivity index (χ4v) is 3.24. The largest absolute Gasteiger partial charge is 0.345 e. The van der Waals surface area contributed by atoms with E-state index in [-0.39, 0.29) is 5.91 Å². The van der Waals surface area contributed by atoms with Crippen LogP contribution >= 0.6 is 0 Å². The molecule has 120 valence electrons. The first-order chi connectivity index (χ1) is 10.9. The topological polar surface area (TPSA) is 49.7 Å². The van der Waals surface area contributed by atoms with Gasteiger partial charge < -0.3 is 4.90 Å². The van der Waals surface area contributed by atoms with Crippen molar-refractivity contribution in [1.29, 1.82) is 0 Å². The SMILES string of the molecule is CN(C)C(=O)/C=C/c1ccccc1N=S(C)(=O)c1ccccc1. The van der Waals surface area contributed by atoms with Crippen LogP contribution in [0.5, 0.6) is 0 Å². The van der Waals surface area contributed by atoms with Crippen molar-refractivity contribution in [2.24, 2.45) is 4.36 Å². The number of nitrogens with zero attached hydrogens (tertiary/aromatic N) is 2. The Morgan fingerprint density at radius 1 is 1.04 bits per heavy atom. The van der Waals surface area contributed by atoms with E-state index in [9.17, 15) is 9.00 Å². The molecular weight excluding hydrogens is 308 g/mol. The van der Waals surface area contributed by atoms with Crippen LogP contribution in [0.25, 0.3) is 6.08 Å². The molecule has 4 nitrogen and oxygen atoms in total. The molecule has 2 aromatic rings. The van der Waals surface area contributed by atoms with Gasteiger partial charge in [0.25, 0.3) is 0 Å². The van der Waals surface area contributed by atoms with E-state index < -0.39 is 9.73 Å². The van der Waals surface area contributed by atoms with Crippen LogP contribution in [-0.2, 0) is 14.5 Å². The van der Waals surface area contributed by atoms with Gasteiger partial charge in [-0.25, -0.2) is 4.21 Å². The van der Waals surface area contributed by atoms with Crippen LogP contribution in [-0.4, -0.2) is 35.4 Å². The second kappa shape index (κ2) is 7.24. The highest BCUT2D eigenvalue weighted by Gasteiger charge is 2.07. The monoisotopic (exact) mass is 328 g/mol. The van der Waals surface area contributed by atoms with E-state index in [1.165, 1.54) is 11.0 Å². The summed E-state index contributed by atoms with van der Waals surface area (Å²) in [6.45, 7) is 0. The molecule has 23 heavy (non-hydrogen) atoms. The molecule has 5 heteroatoms. The molecular formula is C18H20N2O2S. The minimum absolute atomic E-state index is 0.111. The third-order valence-electron chi connectivity index (χ3n) is 3.24. The van der Waals surface area contributed by atoms with E-state index in [4.69, 9.17) is 0 Å². The molecule has 0 aliphatic heterocycles. The fraction of sp³-hybridized carbons (Fsp3) is 0.167. The summed E-state index contributed by atoms with van der Waals surface area (Å²) in [6.07, 6.45) is 4.80. The van der Waals surface area contributed by atoms with Crippen LogP contribution in [0.1, 0.15) is 5.56 Å². The number of carbonyl (C=O) groups excluding carboxylic acids is 1. The average Bonchev–Trinajstić information content (AvgIpc) is 2.54. The molecule has 0 bridgehead atoms.